The van der Waals surface area contributed by atoms with Crippen molar-refractivity contribution in [2.45, 2.75) is 43.5 Å². The van der Waals surface area contributed by atoms with Crippen molar-refractivity contribution in [1.29, 1.82) is 5.26 Å². The van der Waals surface area contributed by atoms with Gasteiger partial charge in [0.1, 0.15) is 0 Å². The van der Waals surface area contributed by atoms with Gasteiger partial charge in [0.05, 0.1) is 17.4 Å². The molecule has 4 rings (SSSR count). The molecule has 1 fully saturated rings. The van der Waals surface area contributed by atoms with Gasteiger partial charge >= 0.3 is 0 Å². The first-order valence-corrected chi connectivity index (χ1v) is 10.7. The van der Waals surface area contributed by atoms with Crippen molar-refractivity contribution in [3.05, 3.63) is 70.8 Å². The van der Waals surface area contributed by atoms with Crippen molar-refractivity contribution in [2.75, 3.05) is 6.54 Å². The summed E-state index contributed by atoms with van der Waals surface area (Å²) >= 11 is -2.06. The van der Waals surface area contributed by atoms with Gasteiger partial charge in [0, 0.05) is 13.1 Å². The van der Waals surface area contributed by atoms with Gasteiger partial charge in [0.25, 0.3) is 0 Å². The molecule has 2 aromatic rings. The van der Waals surface area contributed by atoms with E-state index in [2.05, 4.69) is 29.2 Å². The molecule has 0 N–H and O–H groups in total. The first-order valence-electron chi connectivity index (χ1n) is 9.53. The number of rotatable bonds is 6. The Morgan fingerprint density at radius 3 is 2.63 bits per heavy atom. The largest absolute Gasteiger partial charge is 0.771 e. The van der Waals surface area contributed by atoms with E-state index >= 15 is 0 Å². The number of hydrogen-bond donors (Lipinski definition) is 0. The van der Waals surface area contributed by atoms with Crippen LogP contribution in [0.3, 0.4) is 0 Å². The van der Waals surface area contributed by atoms with Crippen LogP contribution in [-0.4, -0.2) is 25.6 Å². The molecular weight excluding hydrogens is 356 g/mol. The lowest BCUT2D eigenvalue weighted by molar-refractivity contribution is 0.208. The third-order valence-electron chi connectivity index (χ3n) is 5.70. The Labute approximate surface area is 163 Å². The predicted molar refractivity (Wildman–Crippen MR) is 104 cm³/mol. The zero-order valence-corrected chi connectivity index (χ0v) is 16.0. The predicted octanol–water partition coefficient (Wildman–Crippen LogP) is 3.51. The van der Waals surface area contributed by atoms with Crippen LogP contribution in [0.15, 0.2) is 48.5 Å². The van der Waals surface area contributed by atoms with E-state index in [0.29, 0.717) is 13.0 Å². The van der Waals surface area contributed by atoms with Crippen LogP contribution in [0.25, 0.3) is 0 Å². The third-order valence-corrected chi connectivity index (χ3v) is 6.77. The van der Waals surface area contributed by atoms with Gasteiger partial charge < -0.3 is 4.55 Å². The highest BCUT2D eigenvalue weighted by Crippen LogP contribution is 2.38. The monoisotopic (exact) mass is 379 g/mol. The summed E-state index contributed by atoms with van der Waals surface area (Å²) in [4.78, 5) is 2.10. The van der Waals surface area contributed by atoms with Gasteiger partial charge in [-0.05, 0) is 64.9 Å². The first-order chi connectivity index (χ1) is 13.2. The molecule has 1 saturated carbocycles. The number of benzene rings is 2. The van der Waals surface area contributed by atoms with Crippen LogP contribution in [-0.2, 0) is 30.5 Å². The van der Waals surface area contributed by atoms with E-state index in [-0.39, 0.29) is 17.2 Å². The zero-order chi connectivity index (χ0) is 18.8. The Morgan fingerprint density at radius 2 is 1.96 bits per heavy atom. The summed E-state index contributed by atoms with van der Waals surface area (Å²) in [5.41, 5.74) is 4.62. The Hall–Kier alpha value is -2.00. The summed E-state index contributed by atoms with van der Waals surface area (Å²) < 4.78 is 23.5. The highest BCUT2D eigenvalue weighted by Gasteiger charge is 2.37. The van der Waals surface area contributed by atoms with E-state index < -0.39 is 11.1 Å². The summed E-state index contributed by atoms with van der Waals surface area (Å²) in [6.45, 7) is 1.44. The van der Waals surface area contributed by atoms with Crippen molar-refractivity contribution in [2.24, 2.45) is 5.92 Å². The summed E-state index contributed by atoms with van der Waals surface area (Å²) in [7, 11) is 0. The molecule has 3 atom stereocenters. The minimum atomic E-state index is -2.06. The maximum Gasteiger partial charge on any atom is 0.0758 e. The second-order valence-corrected chi connectivity index (χ2v) is 8.61. The number of fused-ring (bicyclic) bond motifs is 1. The summed E-state index contributed by atoms with van der Waals surface area (Å²) in [6, 6.07) is 18.8. The topological polar surface area (TPSA) is 67.2 Å². The lowest BCUT2D eigenvalue weighted by Gasteiger charge is -2.37. The van der Waals surface area contributed by atoms with Crippen LogP contribution in [0.2, 0.25) is 0 Å². The third kappa shape index (κ3) is 4.14. The van der Waals surface area contributed by atoms with Crippen molar-refractivity contribution in [3.63, 3.8) is 0 Å². The van der Waals surface area contributed by atoms with Gasteiger partial charge in [0.2, 0.25) is 0 Å². The van der Waals surface area contributed by atoms with Gasteiger partial charge in [-0.2, -0.15) is 5.26 Å². The van der Waals surface area contributed by atoms with Gasteiger partial charge in [0.15, 0.2) is 0 Å². The lowest BCUT2D eigenvalue weighted by Crippen LogP contribution is -2.43. The van der Waals surface area contributed by atoms with Gasteiger partial charge in [-0.15, -0.1) is 0 Å². The molecule has 1 aliphatic heterocycles. The molecule has 5 heteroatoms. The molecule has 0 saturated heterocycles. The van der Waals surface area contributed by atoms with Crippen molar-refractivity contribution in [3.8, 4) is 6.07 Å². The normalized spacial score (nSPS) is 20.3. The standard InChI is InChI=1S/C22H24N2O2S/c23-14-20(12-16-4-2-1-3-5-16)19-9-6-17-10-11-24(15-21(17)13-19)22(27(25)26)18-7-8-18/h1-6,9,13,18,20,22H,7-8,10-12,15H2,(H,25,26)/p-1. The molecular formula is C22H23N2O2S-. The molecule has 2 aliphatic rings. The van der Waals surface area contributed by atoms with E-state index in [1.165, 1.54) is 11.1 Å². The quantitative estimate of drug-likeness (QED) is 0.721. The molecule has 0 aromatic heterocycles. The molecule has 27 heavy (non-hydrogen) atoms. The number of nitriles is 1. The zero-order valence-electron chi connectivity index (χ0n) is 15.2. The summed E-state index contributed by atoms with van der Waals surface area (Å²) in [6.07, 6.45) is 3.58. The van der Waals surface area contributed by atoms with E-state index in [9.17, 15) is 14.0 Å². The smallest absolute Gasteiger partial charge is 0.0758 e. The number of hydrogen-bond acceptors (Lipinski definition) is 4. The molecule has 0 bridgehead atoms. The summed E-state index contributed by atoms with van der Waals surface area (Å²) in [5.74, 6) is 0.0962. The van der Waals surface area contributed by atoms with Gasteiger partial charge in [-0.25, -0.2) is 0 Å². The van der Waals surface area contributed by atoms with Crippen molar-refractivity contribution in [1.82, 2.24) is 4.90 Å². The van der Waals surface area contributed by atoms with Crippen LogP contribution < -0.4 is 0 Å². The minimum absolute atomic E-state index is 0.194. The van der Waals surface area contributed by atoms with Crippen molar-refractivity contribution >= 4 is 11.1 Å². The Bertz CT molecular complexity index is 874. The second kappa shape index (κ2) is 7.93. The molecule has 1 heterocycles. The molecule has 0 radical (unpaired) electrons. The van der Waals surface area contributed by atoms with Crippen LogP contribution in [0.5, 0.6) is 0 Å². The SMILES string of the molecule is N#CC(Cc1ccccc1)c1ccc2c(c1)CN(C(C1CC1)S(=O)[O-])CC2. The first kappa shape index (κ1) is 18.4. The van der Waals surface area contributed by atoms with Crippen molar-refractivity contribution < 1.29 is 8.76 Å². The Balaban J connectivity index is 1.55. The van der Waals surface area contributed by atoms with E-state index in [1.807, 2.05) is 30.3 Å². The Kier molecular flexibility index (Phi) is 5.40. The molecule has 140 valence electrons. The molecule has 1 aliphatic carbocycles. The maximum absolute atomic E-state index is 11.7. The van der Waals surface area contributed by atoms with Gasteiger partial charge in [-0.1, -0.05) is 48.5 Å². The average molecular weight is 380 g/mol. The molecule has 3 unspecified atom stereocenters. The average Bonchev–Trinajstić information content (AvgIpc) is 3.51. The van der Waals surface area contributed by atoms with E-state index in [1.54, 1.807) is 0 Å². The summed E-state index contributed by atoms with van der Waals surface area (Å²) in [5, 5.41) is 9.33. The van der Waals surface area contributed by atoms with Crippen LogP contribution in [0, 0.1) is 17.2 Å². The fourth-order valence-corrected chi connectivity index (χ4v) is 5.09. The van der Waals surface area contributed by atoms with Crippen LogP contribution in [0.4, 0.5) is 0 Å². The lowest BCUT2D eigenvalue weighted by atomic mass is 9.89. The number of nitrogens with zero attached hydrogens (tertiary/aromatic N) is 2. The highest BCUT2D eigenvalue weighted by atomic mass is 32.2. The highest BCUT2D eigenvalue weighted by molar-refractivity contribution is 7.79. The molecule has 0 spiro atoms. The van der Waals surface area contributed by atoms with E-state index in [4.69, 9.17) is 0 Å². The fourth-order valence-electron chi connectivity index (χ4n) is 4.08. The van der Waals surface area contributed by atoms with Crippen LogP contribution in [0.1, 0.15) is 41.0 Å². The van der Waals surface area contributed by atoms with E-state index in [0.717, 1.165) is 36.9 Å². The van der Waals surface area contributed by atoms with Gasteiger partial charge in [-0.3, -0.25) is 9.11 Å². The Morgan fingerprint density at radius 1 is 1.19 bits per heavy atom. The molecule has 4 nitrogen and oxygen atoms in total. The molecule has 2 aromatic carbocycles. The fraction of sp³-hybridized carbons (Fsp3) is 0.409. The minimum Gasteiger partial charge on any atom is -0.771 e. The molecule has 0 amide bonds. The van der Waals surface area contributed by atoms with Crippen LogP contribution >= 0.6 is 0 Å². The second-order valence-electron chi connectivity index (χ2n) is 7.61. The maximum atomic E-state index is 11.7.